The molecule has 3 aromatic rings. The number of aliphatic hydroxyl groups excluding tert-OH is 1. The van der Waals surface area contributed by atoms with Gasteiger partial charge in [0, 0.05) is 30.5 Å². The van der Waals surface area contributed by atoms with E-state index in [0.717, 1.165) is 16.7 Å². The van der Waals surface area contributed by atoms with Gasteiger partial charge in [-0.3, -0.25) is 9.78 Å². The van der Waals surface area contributed by atoms with Crippen molar-refractivity contribution in [3.05, 3.63) is 59.9 Å². The van der Waals surface area contributed by atoms with E-state index in [-0.39, 0.29) is 17.2 Å². The molecular weight excluding hydrogens is 304 g/mol. The molecule has 0 fully saturated rings. The molecular formula is C18H16N4O2. The summed E-state index contributed by atoms with van der Waals surface area (Å²) in [5.74, 6) is 0.207. The number of aryl methyl sites for hydroxylation is 2. The number of anilines is 1. The van der Waals surface area contributed by atoms with E-state index in [2.05, 4.69) is 15.3 Å². The Kier molecular flexibility index (Phi) is 3.30. The number of fused-ring (bicyclic) bond motifs is 3. The number of nitrogens with zero attached hydrogens (tertiary/aromatic N) is 3. The molecule has 1 aromatic carbocycles. The fourth-order valence-electron chi connectivity index (χ4n) is 3.01. The minimum Gasteiger partial charge on any atom is -0.511 e. The van der Waals surface area contributed by atoms with E-state index in [4.69, 9.17) is 0 Å². The van der Waals surface area contributed by atoms with Crippen molar-refractivity contribution in [3.8, 4) is 0 Å². The Bertz CT molecular complexity index is 988. The molecule has 4 rings (SSSR count). The molecule has 6 heteroatoms. The average Bonchev–Trinajstić information content (AvgIpc) is 2.92. The van der Waals surface area contributed by atoms with Crippen LogP contribution in [0, 0.1) is 6.92 Å². The van der Waals surface area contributed by atoms with Crippen molar-refractivity contribution in [1.29, 1.82) is 0 Å². The Morgan fingerprint density at radius 2 is 2.12 bits per heavy atom. The van der Waals surface area contributed by atoms with Gasteiger partial charge in [-0.15, -0.1) is 0 Å². The molecule has 0 spiro atoms. The largest absolute Gasteiger partial charge is 0.511 e. The van der Waals surface area contributed by atoms with Crippen LogP contribution >= 0.6 is 0 Å². The minimum atomic E-state index is -0.366. The van der Waals surface area contributed by atoms with Gasteiger partial charge < -0.3 is 15.0 Å². The van der Waals surface area contributed by atoms with Crippen LogP contribution in [0.5, 0.6) is 0 Å². The molecule has 1 amide bonds. The second-order valence-electron chi connectivity index (χ2n) is 5.79. The van der Waals surface area contributed by atoms with Gasteiger partial charge in [-0.25, -0.2) is 4.98 Å². The van der Waals surface area contributed by atoms with E-state index >= 15 is 0 Å². The number of carbonyl (C=O) groups is 1. The van der Waals surface area contributed by atoms with Crippen molar-refractivity contribution in [1.82, 2.24) is 14.5 Å². The van der Waals surface area contributed by atoms with E-state index in [1.54, 1.807) is 18.3 Å². The Balaban J connectivity index is 1.76. The second-order valence-corrected chi connectivity index (χ2v) is 5.79. The summed E-state index contributed by atoms with van der Waals surface area (Å²) in [4.78, 5) is 21.4. The van der Waals surface area contributed by atoms with Crippen molar-refractivity contribution in [3.63, 3.8) is 0 Å². The molecule has 2 aromatic heterocycles. The van der Waals surface area contributed by atoms with Crippen LogP contribution in [0.1, 0.15) is 17.9 Å². The fourth-order valence-corrected chi connectivity index (χ4v) is 3.01. The lowest BCUT2D eigenvalue weighted by atomic mass is 10.1. The third-order valence-electron chi connectivity index (χ3n) is 4.12. The topological polar surface area (TPSA) is 80.0 Å². The van der Waals surface area contributed by atoms with E-state index in [9.17, 15) is 9.90 Å². The van der Waals surface area contributed by atoms with Gasteiger partial charge in [-0.1, -0.05) is 12.1 Å². The third kappa shape index (κ3) is 2.32. The van der Waals surface area contributed by atoms with Gasteiger partial charge >= 0.3 is 0 Å². The molecule has 6 nitrogen and oxygen atoms in total. The number of carbonyl (C=O) groups excluding carboxylic acids is 1. The van der Waals surface area contributed by atoms with Crippen LogP contribution in [-0.4, -0.2) is 25.5 Å². The number of benzene rings is 1. The van der Waals surface area contributed by atoms with Crippen LogP contribution < -0.4 is 5.32 Å². The number of pyridine rings is 1. The average molecular weight is 320 g/mol. The smallest absolute Gasteiger partial charge is 0.262 e. The van der Waals surface area contributed by atoms with Crippen LogP contribution in [0.15, 0.2) is 48.4 Å². The number of para-hydroxylation sites is 2. The summed E-state index contributed by atoms with van der Waals surface area (Å²) in [7, 11) is 0. The number of hydrogen-bond donors (Lipinski definition) is 2. The van der Waals surface area contributed by atoms with Gasteiger partial charge in [0.15, 0.2) is 0 Å². The summed E-state index contributed by atoms with van der Waals surface area (Å²) in [5, 5.41) is 13.1. The maximum atomic E-state index is 12.7. The Hall–Kier alpha value is -3.15. The molecule has 2 N–H and O–H groups in total. The van der Waals surface area contributed by atoms with Crippen LogP contribution in [-0.2, 0) is 11.3 Å². The number of nitrogens with one attached hydrogen (secondary N) is 1. The van der Waals surface area contributed by atoms with Crippen molar-refractivity contribution in [2.75, 3.05) is 5.32 Å². The van der Waals surface area contributed by atoms with Gasteiger partial charge in [0.05, 0.1) is 11.0 Å². The normalized spacial score (nSPS) is 13.9. The van der Waals surface area contributed by atoms with E-state index < -0.39 is 0 Å². The highest BCUT2D eigenvalue weighted by Gasteiger charge is 2.28. The standard InChI is InChI=1S/C18H16N4O2/c1-11-10-12(6-8-19-11)20-18(24)16-15(23)7-9-22-14-5-3-2-4-13(14)21-17(16)22/h2-6,8,10,23H,7,9H2,1H3,(H,19,20,24). The minimum absolute atomic E-state index is 0.0704. The van der Waals surface area contributed by atoms with Crippen molar-refractivity contribution in [2.24, 2.45) is 0 Å². The third-order valence-corrected chi connectivity index (χ3v) is 4.12. The lowest BCUT2D eigenvalue weighted by molar-refractivity contribution is -0.111. The zero-order valence-corrected chi connectivity index (χ0v) is 13.2. The number of aromatic nitrogens is 3. The first-order valence-corrected chi connectivity index (χ1v) is 7.75. The molecule has 0 atom stereocenters. The highest BCUT2D eigenvalue weighted by molar-refractivity contribution is 6.25. The Morgan fingerprint density at radius 3 is 2.96 bits per heavy atom. The van der Waals surface area contributed by atoms with Gasteiger partial charge in [0.25, 0.3) is 5.91 Å². The summed E-state index contributed by atoms with van der Waals surface area (Å²) in [6, 6.07) is 11.2. The monoisotopic (exact) mass is 320 g/mol. The lowest BCUT2D eigenvalue weighted by Crippen LogP contribution is -2.22. The molecule has 0 bridgehead atoms. The molecule has 0 saturated carbocycles. The lowest BCUT2D eigenvalue weighted by Gasteiger charge is -2.18. The van der Waals surface area contributed by atoms with Crippen molar-refractivity contribution < 1.29 is 9.90 Å². The molecule has 24 heavy (non-hydrogen) atoms. The van der Waals surface area contributed by atoms with Crippen LogP contribution in [0.4, 0.5) is 5.69 Å². The van der Waals surface area contributed by atoms with Crippen LogP contribution in [0.3, 0.4) is 0 Å². The molecule has 120 valence electrons. The number of amides is 1. The molecule has 0 saturated heterocycles. The molecule has 0 unspecified atom stereocenters. The first-order valence-electron chi connectivity index (χ1n) is 7.75. The number of rotatable bonds is 2. The van der Waals surface area contributed by atoms with Crippen LogP contribution in [0.2, 0.25) is 0 Å². The number of imidazole rings is 1. The summed E-state index contributed by atoms with van der Waals surface area (Å²) < 4.78 is 1.97. The predicted octanol–water partition coefficient (Wildman–Crippen LogP) is 3.05. The summed E-state index contributed by atoms with van der Waals surface area (Å²) in [6.45, 7) is 2.46. The first-order chi connectivity index (χ1) is 11.6. The zero-order valence-electron chi connectivity index (χ0n) is 13.2. The van der Waals surface area contributed by atoms with Gasteiger partial charge in [-0.05, 0) is 31.2 Å². The molecule has 0 radical (unpaired) electrons. The highest BCUT2D eigenvalue weighted by Crippen LogP contribution is 2.30. The number of allylic oxidation sites excluding steroid dienone is 1. The summed E-state index contributed by atoms with van der Waals surface area (Å²) in [5.41, 5.74) is 3.45. The van der Waals surface area contributed by atoms with Gasteiger partial charge in [0.1, 0.15) is 17.2 Å². The summed E-state index contributed by atoms with van der Waals surface area (Å²) >= 11 is 0. The van der Waals surface area contributed by atoms with E-state index in [1.165, 1.54) is 0 Å². The molecule has 3 heterocycles. The number of aliphatic hydroxyl groups is 1. The van der Waals surface area contributed by atoms with Gasteiger partial charge in [-0.2, -0.15) is 0 Å². The van der Waals surface area contributed by atoms with Crippen LogP contribution in [0.25, 0.3) is 16.6 Å². The fraction of sp³-hybridized carbons (Fsp3) is 0.167. The molecule has 1 aliphatic rings. The Morgan fingerprint density at radius 1 is 1.29 bits per heavy atom. The van der Waals surface area contributed by atoms with Crippen molar-refractivity contribution in [2.45, 2.75) is 19.9 Å². The first kappa shape index (κ1) is 14.4. The van der Waals surface area contributed by atoms with Crippen molar-refractivity contribution >= 4 is 28.2 Å². The predicted molar refractivity (Wildman–Crippen MR) is 91.5 cm³/mol. The van der Waals surface area contributed by atoms with Gasteiger partial charge in [0.2, 0.25) is 0 Å². The second kappa shape index (κ2) is 5.49. The quantitative estimate of drug-likeness (QED) is 0.760. The highest BCUT2D eigenvalue weighted by atomic mass is 16.3. The number of hydrogen-bond acceptors (Lipinski definition) is 4. The maximum absolute atomic E-state index is 12.7. The maximum Gasteiger partial charge on any atom is 0.262 e. The SMILES string of the molecule is Cc1cc(NC(=O)C2=C(O)CCn3c2nc2ccccc23)ccn1. The molecule has 1 aliphatic heterocycles. The summed E-state index contributed by atoms with van der Waals surface area (Å²) in [6.07, 6.45) is 2.04. The van der Waals surface area contributed by atoms with E-state index in [1.807, 2.05) is 35.8 Å². The zero-order chi connectivity index (χ0) is 16.7. The van der Waals surface area contributed by atoms with E-state index in [0.29, 0.717) is 24.5 Å². The molecule has 0 aliphatic carbocycles. The Labute approximate surface area is 138 Å².